The second-order valence-corrected chi connectivity index (χ2v) is 18.2. The molecule has 9 heterocycles. The molecule has 11 nitrogen and oxygen atoms in total. The minimum atomic E-state index is 0.319. The van der Waals surface area contributed by atoms with Gasteiger partial charge in [0.1, 0.15) is 11.6 Å². The molecular weight excluding hydrogens is 791 g/mol. The average molecular weight is 842 g/mol. The number of hydrogen-bond donors (Lipinski definition) is 0. The maximum absolute atomic E-state index is 5.24. The second-order valence-electron chi connectivity index (χ2n) is 18.2. The van der Waals surface area contributed by atoms with Crippen molar-refractivity contribution in [1.29, 1.82) is 0 Å². The van der Waals surface area contributed by atoms with Crippen molar-refractivity contribution in [2.24, 2.45) is 5.92 Å². The van der Waals surface area contributed by atoms with E-state index in [0.29, 0.717) is 23.7 Å². The van der Waals surface area contributed by atoms with Gasteiger partial charge in [0.15, 0.2) is 11.6 Å². The van der Waals surface area contributed by atoms with Gasteiger partial charge in [-0.2, -0.15) is 0 Å². The van der Waals surface area contributed by atoms with E-state index in [9.17, 15) is 0 Å². The minimum absolute atomic E-state index is 0.319. The van der Waals surface area contributed by atoms with Crippen molar-refractivity contribution >= 4 is 45.1 Å². The van der Waals surface area contributed by atoms with Crippen LogP contribution in [-0.2, 0) is 6.42 Å². The Bertz CT molecular complexity index is 2950. The van der Waals surface area contributed by atoms with Crippen molar-refractivity contribution in [3.63, 3.8) is 0 Å². The van der Waals surface area contributed by atoms with Gasteiger partial charge in [0.05, 0.1) is 22.4 Å². The number of rotatable bonds is 11. The lowest BCUT2D eigenvalue weighted by Crippen LogP contribution is -2.46. The van der Waals surface area contributed by atoms with Gasteiger partial charge >= 0.3 is 0 Å². The third-order valence-corrected chi connectivity index (χ3v) is 14.3. The first-order chi connectivity index (χ1) is 31.7. The number of aryl methyl sites for hydroxylation is 1. The van der Waals surface area contributed by atoms with E-state index in [1.165, 1.54) is 33.0 Å². The predicted octanol–water partition coefficient (Wildman–Crippen LogP) is 9.09. The van der Waals surface area contributed by atoms with E-state index in [-0.39, 0.29) is 0 Å². The Morgan fingerprint density at radius 3 is 1.91 bits per heavy atom. The molecule has 3 aromatic carbocycles. The molecule has 5 aromatic heterocycles. The van der Waals surface area contributed by atoms with Crippen LogP contribution < -0.4 is 19.6 Å². The van der Waals surface area contributed by atoms with Crippen LogP contribution in [0, 0.1) is 5.92 Å². The summed E-state index contributed by atoms with van der Waals surface area (Å²) in [7, 11) is 0. The zero-order valence-corrected chi connectivity index (χ0v) is 36.0. The molecule has 4 aliphatic rings. The average Bonchev–Trinajstić information content (AvgIpc) is 4.02. The zero-order valence-electron chi connectivity index (χ0n) is 36.0. The van der Waals surface area contributed by atoms with Crippen molar-refractivity contribution in [3.8, 4) is 11.1 Å². The van der Waals surface area contributed by atoms with Crippen LogP contribution in [0.4, 0.5) is 23.3 Å². The molecule has 4 aliphatic heterocycles. The molecule has 0 spiro atoms. The van der Waals surface area contributed by atoms with Gasteiger partial charge in [0.25, 0.3) is 0 Å². The van der Waals surface area contributed by atoms with E-state index in [4.69, 9.17) is 29.9 Å². The van der Waals surface area contributed by atoms with Crippen LogP contribution in [0.2, 0.25) is 0 Å². The van der Waals surface area contributed by atoms with E-state index < -0.39 is 0 Å². The van der Waals surface area contributed by atoms with E-state index in [1.807, 2.05) is 43.2 Å². The first kappa shape index (κ1) is 38.6. The second kappa shape index (κ2) is 16.6. The maximum Gasteiger partial charge on any atom is 0.150 e. The van der Waals surface area contributed by atoms with Gasteiger partial charge in [0, 0.05) is 118 Å². The van der Waals surface area contributed by atoms with Crippen molar-refractivity contribution in [2.45, 2.75) is 43.4 Å². The lowest BCUT2D eigenvalue weighted by molar-refractivity contribution is 0.506. The summed E-state index contributed by atoms with van der Waals surface area (Å²) in [5, 5.41) is 2.36. The standard InChI is InChI=1S/C53H51N11/c1-3-10-43(37(7-1)15-14-36-20-27-61(30-36)52-50(55-23-25-57-52)41-32-63(33-41)48-18-16-38-8-2-4-12-46(38)59-48)44-11-5-13-47-45(44)17-19-49(60-47)64-34-42(35-64)51-53(58-26-24-56-51)62-28-21-40(31-62)39-9-6-22-54-29-39/h1-13,16-19,22-26,29,36,40-42H,14-15,20-21,27-28,30-35H2. The van der Waals surface area contributed by atoms with Crippen LogP contribution in [0.1, 0.15) is 59.5 Å². The lowest BCUT2D eigenvalue weighted by Gasteiger charge is -2.40. The number of fused-ring (bicyclic) bond motifs is 2. The first-order valence-corrected chi connectivity index (χ1v) is 23.0. The molecule has 0 bridgehead atoms. The van der Waals surface area contributed by atoms with Gasteiger partial charge in [-0.3, -0.25) is 15.0 Å². The monoisotopic (exact) mass is 841 g/mol. The van der Waals surface area contributed by atoms with Gasteiger partial charge in [0.2, 0.25) is 0 Å². The predicted molar refractivity (Wildman–Crippen MR) is 255 cm³/mol. The molecular formula is C53H51N11. The van der Waals surface area contributed by atoms with Crippen LogP contribution >= 0.6 is 0 Å². The number of nitrogens with zero attached hydrogens (tertiary/aromatic N) is 11. The molecule has 0 radical (unpaired) electrons. The number of pyridine rings is 3. The Balaban J connectivity index is 0.690. The molecule has 4 saturated heterocycles. The summed E-state index contributed by atoms with van der Waals surface area (Å²) in [5.74, 6) is 5.88. The van der Waals surface area contributed by atoms with Crippen LogP contribution in [0.3, 0.4) is 0 Å². The van der Waals surface area contributed by atoms with E-state index in [1.54, 1.807) is 0 Å². The topological polar surface area (TPSA) is 103 Å². The highest BCUT2D eigenvalue weighted by molar-refractivity contribution is 5.96. The minimum Gasteiger partial charge on any atom is -0.355 e. The smallest absolute Gasteiger partial charge is 0.150 e. The van der Waals surface area contributed by atoms with Gasteiger partial charge in [-0.25, -0.2) is 19.9 Å². The molecule has 0 amide bonds. The summed E-state index contributed by atoms with van der Waals surface area (Å²) >= 11 is 0. The van der Waals surface area contributed by atoms with Gasteiger partial charge in [-0.05, 0) is 96.3 Å². The van der Waals surface area contributed by atoms with Crippen molar-refractivity contribution in [2.75, 3.05) is 72.0 Å². The Labute approximate surface area is 373 Å². The highest BCUT2D eigenvalue weighted by atomic mass is 15.3. The summed E-state index contributed by atoms with van der Waals surface area (Å²) in [6.07, 6.45) is 15.7. The van der Waals surface area contributed by atoms with Gasteiger partial charge in [-0.15, -0.1) is 0 Å². The molecule has 4 fully saturated rings. The highest BCUT2D eigenvalue weighted by Gasteiger charge is 2.37. The first-order valence-electron chi connectivity index (χ1n) is 23.0. The van der Waals surface area contributed by atoms with Crippen LogP contribution in [-0.4, -0.2) is 87.2 Å². The molecule has 0 N–H and O–H groups in total. The van der Waals surface area contributed by atoms with Crippen molar-refractivity contribution in [3.05, 3.63) is 163 Å². The molecule has 2 atom stereocenters. The summed E-state index contributed by atoms with van der Waals surface area (Å²) in [6, 6.07) is 36.9. The summed E-state index contributed by atoms with van der Waals surface area (Å²) in [5.41, 5.74) is 9.54. The summed E-state index contributed by atoms with van der Waals surface area (Å²) in [4.78, 5) is 43.8. The Hall–Kier alpha value is -7.01. The molecule has 12 rings (SSSR count). The fourth-order valence-corrected chi connectivity index (χ4v) is 10.7. The van der Waals surface area contributed by atoms with Gasteiger partial charge < -0.3 is 19.6 Å². The third kappa shape index (κ3) is 7.32. The fourth-order valence-electron chi connectivity index (χ4n) is 10.7. The van der Waals surface area contributed by atoms with Crippen LogP contribution in [0.5, 0.6) is 0 Å². The zero-order chi connectivity index (χ0) is 42.4. The number of benzene rings is 3. The van der Waals surface area contributed by atoms with Crippen LogP contribution in [0.15, 0.2) is 140 Å². The number of para-hydroxylation sites is 1. The van der Waals surface area contributed by atoms with Gasteiger partial charge in [-0.1, -0.05) is 60.7 Å². The third-order valence-electron chi connectivity index (χ3n) is 14.3. The molecule has 11 heteroatoms. The summed E-state index contributed by atoms with van der Waals surface area (Å²) in [6.45, 7) is 7.54. The molecule has 64 heavy (non-hydrogen) atoms. The molecule has 318 valence electrons. The number of hydrogen-bond acceptors (Lipinski definition) is 11. The number of anilines is 4. The van der Waals surface area contributed by atoms with E-state index in [2.05, 4.69) is 122 Å². The SMILES string of the molecule is c1cncc(C2CCN(c3nccnc3C3CN(c4ccc5c(-c6ccccc6CCC6CCN(c7nccnc7C7CN(c8ccc9ccccc9n8)C7)C6)cccc5n4)C3)C2)c1. The number of aromatic nitrogens is 7. The van der Waals surface area contributed by atoms with Crippen molar-refractivity contribution < 1.29 is 0 Å². The Morgan fingerprint density at radius 2 is 1.12 bits per heavy atom. The van der Waals surface area contributed by atoms with E-state index in [0.717, 1.165) is 124 Å². The Morgan fingerprint density at radius 1 is 0.484 bits per heavy atom. The molecule has 8 aromatic rings. The van der Waals surface area contributed by atoms with E-state index >= 15 is 0 Å². The quantitative estimate of drug-likeness (QED) is 0.125. The van der Waals surface area contributed by atoms with Crippen molar-refractivity contribution in [1.82, 2.24) is 34.9 Å². The summed E-state index contributed by atoms with van der Waals surface area (Å²) < 4.78 is 0. The Kier molecular flexibility index (Phi) is 10.0. The van der Waals surface area contributed by atoms with Crippen LogP contribution in [0.25, 0.3) is 32.9 Å². The lowest BCUT2D eigenvalue weighted by atomic mass is 9.91. The highest BCUT2D eigenvalue weighted by Crippen LogP contribution is 2.40. The fraction of sp³-hybridized carbons (Fsp3) is 0.302. The normalized spacial score (nSPS) is 19.1. The maximum atomic E-state index is 5.24. The molecule has 0 saturated carbocycles. The largest absolute Gasteiger partial charge is 0.355 e. The molecule has 2 unspecified atom stereocenters. The molecule has 0 aliphatic carbocycles.